The lowest BCUT2D eigenvalue weighted by molar-refractivity contribution is 0.807. The summed E-state index contributed by atoms with van der Waals surface area (Å²) in [4.78, 5) is 10.6. The zero-order chi connectivity index (χ0) is 16.7. The van der Waals surface area contributed by atoms with Crippen LogP contribution in [0.4, 0.5) is 5.82 Å². The minimum atomic E-state index is 0. The van der Waals surface area contributed by atoms with Gasteiger partial charge in [-0.2, -0.15) is 0 Å². The number of anilines is 1. The first-order valence-corrected chi connectivity index (χ1v) is 7.71. The smallest absolute Gasteiger partial charge is 0.191 e. The van der Waals surface area contributed by atoms with Crippen molar-refractivity contribution in [3.05, 3.63) is 59.3 Å². The molecule has 0 fully saturated rings. The number of hydrogen-bond donors (Lipinski definition) is 2. The Bertz CT molecular complexity index is 670. The Morgan fingerprint density at radius 1 is 1.08 bits per heavy atom. The molecular weight excluding hydrogens is 413 g/mol. The highest BCUT2D eigenvalue weighted by Gasteiger charge is 2.02. The Kier molecular flexibility index (Phi) is 8.53. The van der Waals surface area contributed by atoms with Gasteiger partial charge in [-0.15, -0.1) is 24.0 Å². The second-order valence-electron chi connectivity index (χ2n) is 5.69. The fourth-order valence-electron chi connectivity index (χ4n) is 2.23. The van der Waals surface area contributed by atoms with Crippen LogP contribution in [0.25, 0.3) is 0 Å². The summed E-state index contributed by atoms with van der Waals surface area (Å²) in [5, 5.41) is 6.66. The van der Waals surface area contributed by atoms with Crippen LogP contribution in [0.15, 0.2) is 47.6 Å². The van der Waals surface area contributed by atoms with Gasteiger partial charge in [0, 0.05) is 40.4 Å². The Labute approximate surface area is 161 Å². The summed E-state index contributed by atoms with van der Waals surface area (Å²) in [5.74, 6) is 1.74. The van der Waals surface area contributed by atoms with E-state index in [1.807, 2.05) is 31.3 Å². The number of guanidine groups is 1. The molecule has 0 bridgehead atoms. The molecule has 0 aliphatic heterocycles. The molecule has 2 rings (SSSR count). The molecule has 1 aromatic carbocycles. The van der Waals surface area contributed by atoms with Crippen molar-refractivity contribution in [2.45, 2.75) is 20.0 Å². The van der Waals surface area contributed by atoms with Gasteiger partial charge in [-0.3, -0.25) is 4.99 Å². The van der Waals surface area contributed by atoms with Gasteiger partial charge in [-0.25, -0.2) is 4.98 Å². The van der Waals surface area contributed by atoms with Crippen molar-refractivity contribution in [3.8, 4) is 0 Å². The van der Waals surface area contributed by atoms with Crippen LogP contribution in [-0.4, -0.2) is 32.1 Å². The molecule has 0 saturated heterocycles. The number of nitrogens with one attached hydrogen (secondary N) is 2. The maximum Gasteiger partial charge on any atom is 0.191 e. The van der Waals surface area contributed by atoms with Gasteiger partial charge >= 0.3 is 0 Å². The topological polar surface area (TPSA) is 52.6 Å². The van der Waals surface area contributed by atoms with Crippen LogP contribution in [0.1, 0.15) is 16.7 Å². The van der Waals surface area contributed by atoms with Gasteiger partial charge in [0.05, 0.1) is 0 Å². The minimum Gasteiger partial charge on any atom is -0.363 e. The lowest BCUT2D eigenvalue weighted by atomic mass is 10.1. The highest BCUT2D eigenvalue weighted by atomic mass is 127. The largest absolute Gasteiger partial charge is 0.363 e. The number of pyridine rings is 1. The molecule has 0 spiro atoms. The van der Waals surface area contributed by atoms with Crippen LogP contribution >= 0.6 is 24.0 Å². The maximum atomic E-state index is 4.32. The number of rotatable bonds is 5. The van der Waals surface area contributed by atoms with Crippen molar-refractivity contribution >= 4 is 35.8 Å². The van der Waals surface area contributed by atoms with Crippen molar-refractivity contribution in [2.24, 2.45) is 4.99 Å². The first-order chi connectivity index (χ1) is 11.1. The lowest BCUT2D eigenvalue weighted by Gasteiger charge is -2.14. The molecule has 1 aromatic heterocycles. The van der Waals surface area contributed by atoms with Crippen LogP contribution in [0.2, 0.25) is 0 Å². The van der Waals surface area contributed by atoms with Gasteiger partial charge < -0.3 is 15.5 Å². The third kappa shape index (κ3) is 6.35. The fourth-order valence-corrected chi connectivity index (χ4v) is 2.23. The third-order valence-corrected chi connectivity index (χ3v) is 3.49. The Hall–Kier alpha value is -1.83. The van der Waals surface area contributed by atoms with E-state index in [1.54, 1.807) is 7.05 Å². The lowest BCUT2D eigenvalue weighted by Crippen LogP contribution is -2.36. The minimum absolute atomic E-state index is 0. The maximum absolute atomic E-state index is 4.32. The van der Waals surface area contributed by atoms with E-state index in [4.69, 9.17) is 0 Å². The molecule has 0 saturated carbocycles. The highest BCUT2D eigenvalue weighted by molar-refractivity contribution is 14.0. The van der Waals surface area contributed by atoms with Gasteiger partial charge in [0.2, 0.25) is 0 Å². The average molecular weight is 439 g/mol. The zero-order valence-corrected chi connectivity index (χ0v) is 17.0. The Balaban J connectivity index is 0.00000288. The average Bonchev–Trinajstić information content (AvgIpc) is 2.55. The van der Waals surface area contributed by atoms with Crippen LogP contribution in [0.5, 0.6) is 0 Å². The van der Waals surface area contributed by atoms with Gasteiger partial charge in [0.25, 0.3) is 0 Å². The number of aromatic nitrogens is 1. The van der Waals surface area contributed by atoms with E-state index in [1.165, 1.54) is 16.7 Å². The summed E-state index contributed by atoms with van der Waals surface area (Å²) in [6, 6.07) is 12.5. The zero-order valence-electron chi connectivity index (χ0n) is 14.7. The van der Waals surface area contributed by atoms with Gasteiger partial charge in [0.15, 0.2) is 5.96 Å². The van der Waals surface area contributed by atoms with Crippen molar-refractivity contribution < 1.29 is 0 Å². The number of benzene rings is 1. The molecule has 0 aliphatic carbocycles. The molecule has 24 heavy (non-hydrogen) atoms. The molecule has 0 atom stereocenters. The molecular formula is C18H26IN5. The van der Waals surface area contributed by atoms with Crippen LogP contribution < -0.4 is 15.5 Å². The number of hydrogen-bond acceptors (Lipinski definition) is 3. The fraction of sp³-hybridized carbons (Fsp3) is 0.333. The van der Waals surface area contributed by atoms with Crippen molar-refractivity contribution in [1.82, 2.24) is 15.6 Å². The number of aliphatic imine (C=N–C) groups is 1. The predicted octanol–water partition coefficient (Wildman–Crippen LogP) is 2.94. The first kappa shape index (κ1) is 20.2. The normalized spacial score (nSPS) is 10.8. The molecule has 5 nitrogen and oxygen atoms in total. The van der Waals surface area contributed by atoms with E-state index in [0.717, 1.165) is 18.3 Å². The van der Waals surface area contributed by atoms with Crippen LogP contribution in [0.3, 0.4) is 0 Å². The molecule has 6 heteroatoms. The summed E-state index contributed by atoms with van der Waals surface area (Å²) in [6.45, 7) is 3.56. The predicted molar refractivity (Wildman–Crippen MR) is 112 cm³/mol. The Morgan fingerprint density at radius 3 is 2.33 bits per heavy atom. The quantitative estimate of drug-likeness (QED) is 0.428. The van der Waals surface area contributed by atoms with E-state index >= 15 is 0 Å². The van der Waals surface area contributed by atoms with E-state index in [2.05, 4.69) is 57.9 Å². The molecule has 0 radical (unpaired) electrons. The van der Waals surface area contributed by atoms with E-state index in [-0.39, 0.29) is 24.0 Å². The molecule has 0 aliphatic rings. The van der Waals surface area contributed by atoms with Crippen LogP contribution in [-0.2, 0) is 13.1 Å². The molecule has 1 heterocycles. The molecule has 2 N–H and O–H groups in total. The number of halogens is 1. The number of aryl methyl sites for hydroxylation is 1. The monoisotopic (exact) mass is 439 g/mol. The molecule has 0 unspecified atom stereocenters. The molecule has 2 aromatic rings. The van der Waals surface area contributed by atoms with Crippen LogP contribution in [0, 0.1) is 6.92 Å². The SMILES string of the molecule is CN=C(NCc1cccc(C)c1)NCc1ccnc(N(C)C)c1.I. The van der Waals surface area contributed by atoms with Crippen molar-refractivity contribution in [1.29, 1.82) is 0 Å². The first-order valence-electron chi connectivity index (χ1n) is 7.71. The van der Waals surface area contributed by atoms with E-state index in [0.29, 0.717) is 6.54 Å². The third-order valence-electron chi connectivity index (χ3n) is 3.49. The van der Waals surface area contributed by atoms with E-state index < -0.39 is 0 Å². The standard InChI is InChI=1S/C18H25N5.HI/c1-14-6-5-7-15(10-14)12-21-18(19-2)22-13-16-8-9-20-17(11-16)23(3)4;/h5-11H,12-13H2,1-4H3,(H2,19,21,22);1H. The highest BCUT2D eigenvalue weighted by Crippen LogP contribution is 2.09. The summed E-state index contributed by atoms with van der Waals surface area (Å²) in [6.07, 6.45) is 1.83. The van der Waals surface area contributed by atoms with Gasteiger partial charge in [-0.05, 0) is 30.2 Å². The van der Waals surface area contributed by atoms with Crippen molar-refractivity contribution in [2.75, 3.05) is 26.0 Å². The number of nitrogens with zero attached hydrogens (tertiary/aromatic N) is 3. The van der Waals surface area contributed by atoms with E-state index in [9.17, 15) is 0 Å². The van der Waals surface area contributed by atoms with Gasteiger partial charge in [0.1, 0.15) is 5.82 Å². The summed E-state index contributed by atoms with van der Waals surface area (Å²) < 4.78 is 0. The summed E-state index contributed by atoms with van der Waals surface area (Å²) in [5.41, 5.74) is 3.68. The summed E-state index contributed by atoms with van der Waals surface area (Å²) in [7, 11) is 5.76. The Morgan fingerprint density at radius 2 is 1.75 bits per heavy atom. The van der Waals surface area contributed by atoms with Crippen molar-refractivity contribution in [3.63, 3.8) is 0 Å². The molecule has 0 amide bonds. The van der Waals surface area contributed by atoms with Gasteiger partial charge in [-0.1, -0.05) is 29.8 Å². The summed E-state index contributed by atoms with van der Waals surface area (Å²) >= 11 is 0. The second kappa shape index (κ2) is 10.1. The second-order valence-corrected chi connectivity index (χ2v) is 5.69. The molecule has 130 valence electrons.